The molecule has 0 radical (unpaired) electrons. The molecule has 0 spiro atoms. The van der Waals surface area contributed by atoms with Gasteiger partial charge in [-0.25, -0.2) is 0 Å². The Labute approximate surface area is 111 Å². The van der Waals surface area contributed by atoms with Crippen LogP contribution in [0.5, 0.6) is 0 Å². The maximum Gasteiger partial charge on any atom is 0.223 e. The van der Waals surface area contributed by atoms with Crippen molar-refractivity contribution in [3.63, 3.8) is 0 Å². The van der Waals surface area contributed by atoms with Gasteiger partial charge in [0, 0.05) is 13.0 Å². The SMILES string of the molecule is CCCCCC/C=C1\C=C(C)[C@@H]2CCC(=O)N2C1. The molecule has 2 aliphatic rings. The van der Waals surface area contributed by atoms with Crippen molar-refractivity contribution in [2.75, 3.05) is 6.54 Å². The molecule has 0 aromatic carbocycles. The molecule has 2 rings (SSSR count). The molecule has 2 heteroatoms. The second-order valence-electron chi connectivity index (χ2n) is 5.59. The summed E-state index contributed by atoms with van der Waals surface area (Å²) in [5.41, 5.74) is 2.71. The molecule has 0 aliphatic carbocycles. The zero-order chi connectivity index (χ0) is 13.0. The van der Waals surface area contributed by atoms with E-state index >= 15 is 0 Å². The Bertz CT molecular complexity index is 367. The van der Waals surface area contributed by atoms with Crippen LogP contribution in [0.2, 0.25) is 0 Å². The summed E-state index contributed by atoms with van der Waals surface area (Å²) < 4.78 is 0. The van der Waals surface area contributed by atoms with E-state index in [9.17, 15) is 4.79 Å². The number of allylic oxidation sites excluding steroid dienone is 1. The Hall–Kier alpha value is -1.05. The number of unbranched alkanes of at least 4 members (excludes halogenated alkanes) is 4. The molecule has 0 N–H and O–H groups in total. The average molecular weight is 247 g/mol. The number of fused-ring (bicyclic) bond motifs is 1. The molecule has 1 saturated heterocycles. The molecule has 2 nitrogen and oxygen atoms in total. The highest BCUT2D eigenvalue weighted by Gasteiger charge is 2.34. The molecule has 1 atom stereocenters. The van der Waals surface area contributed by atoms with Crippen molar-refractivity contribution >= 4 is 5.91 Å². The van der Waals surface area contributed by atoms with Crippen LogP contribution in [0, 0.1) is 0 Å². The zero-order valence-corrected chi connectivity index (χ0v) is 11.7. The van der Waals surface area contributed by atoms with E-state index < -0.39 is 0 Å². The van der Waals surface area contributed by atoms with E-state index in [1.807, 2.05) is 0 Å². The minimum Gasteiger partial charge on any atom is -0.332 e. The Kier molecular flexibility index (Phi) is 4.62. The van der Waals surface area contributed by atoms with Crippen molar-refractivity contribution in [3.05, 3.63) is 23.3 Å². The van der Waals surface area contributed by atoms with E-state index in [0.717, 1.165) is 25.8 Å². The van der Waals surface area contributed by atoms with E-state index in [-0.39, 0.29) is 0 Å². The third kappa shape index (κ3) is 3.04. The lowest BCUT2D eigenvalue weighted by atomic mass is 9.97. The van der Waals surface area contributed by atoms with E-state index in [1.165, 1.54) is 36.8 Å². The number of nitrogens with zero attached hydrogens (tertiary/aromatic N) is 1. The van der Waals surface area contributed by atoms with Crippen molar-refractivity contribution in [1.82, 2.24) is 4.90 Å². The Morgan fingerprint density at radius 3 is 3.00 bits per heavy atom. The lowest BCUT2D eigenvalue weighted by Crippen LogP contribution is -2.37. The summed E-state index contributed by atoms with van der Waals surface area (Å²) >= 11 is 0. The highest BCUT2D eigenvalue weighted by atomic mass is 16.2. The van der Waals surface area contributed by atoms with Gasteiger partial charge in [-0.3, -0.25) is 4.79 Å². The van der Waals surface area contributed by atoms with E-state index in [2.05, 4.69) is 30.9 Å². The maximum atomic E-state index is 11.8. The fourth-order valence-electron chi connectivity index (χ4n) is 3.02. The molecule has 0 bridgehead atoms. The molecule has 1 amide bonds. The number of carbonyl (C=O) groups is 1. The van der Waals surface area contributed by atoms with Crippen LogP contribution in [-0.4, -0.2) is 23.4 Å². The molecule has 18 heavy (non-hydrogen) atoms. The van der Waals surface area contributed by atoms with Crippen molar-refractivity contribution in [3.8, 4) is 0 Å². The van der Waals surface area contributed by atoms with Crippen LogP contribution in [0.1, 0.15) is 58.8 Å². The van der Waals surface area contributed by atoms with Crippen molar-refractivity contribution < 1.29 is 4.79 Å². The van der Waals surface area contributed by atoms with E-state index in [1.54, 1.807) is 0 Å². The standard InChI is InChI=1S/C16H25NO/c1-3-4-5-6-7-8-14-11-13(2)15-9-10-16(18)17(15)12-14/h8,11,15H,3-7,9-10,12H2,1-2H3/b14-8+/t15-/m0/s1. The molecule has 1 fully saturated rings. The number of rotatable bonds is 5. The molecule has 100 valence electrons. The monoisotopic (exact) mass is 247 g/mol. The van der Waals surface area contributed by atoms with Crippen LogP contribution in [-0.2, 0) is 4.79 Å². The summed E-state index contributed by atoms with van der Waals surface area (Å²) in [7, 11) is 0. The maximum absolute atomic E-state index is 11.8. The fourth-order valence-corrected chi connectivity index (χ4v) is 3.02. The summed E-state index contributed by atoms with van der Waals surface area (Å²) in [5.74, 6) is 0.337. The summed E-state index contributed by atoms with van der Waals surface area (Å²) in [6, 6.07) is 0.398. The van der Waals surface area contributed by atoms with Gasteiger partial charge in [0.1, 0.15) is 0 Å². The minimum atomic E-state index is 0.337. The van der Waals surface area contributed by atoms with Gasteiger partial charge in [0.25, 0.3) is 0 Å². The van der Waals surface area contributed by atoms with Crippen LogP contribution in [0.4, 0.5) is 0 Å². The third-order valence-electron chi connectivity index (χ3n) is 4.08. The van der Waals surface area contributed by atoms with Gasteiger partial charge in [0.05, 0.1) is 6.04 Å². The Morgan fingerprint density at radius 1 is 1.39 bits per heavy atom. The van der Waals surface area contributed by atoms with Crippen molar-refractivity contribution in [2.45, 2.75) is 64.8 Å². The quantitative estimate of drug-likeness (QED) is 0.676. The molecule has 2 heterocycles. The van der Waals surface area contributed by atoms with Gasteiger partial charge in [0.2, 0.25) is 5.91 Å². The highest BCUT2D eigenvalue weighted by Crippen LogP contribution is 2.30. The molecule has 0 aromatic rings. The van der Waals surface area contributed by atoms with Gasteiger partial charge in [-0.2, -0.15) is 0 Å². The van der Waals surface area contributed by atoms with Gasteiger partial charge >= 0.3 is 0 Å². The Balaban J connectivity index is 1.90. The van der Waals surface area contributed by atoms with E-state index in [4.69, 9.17) is 0 Å². The number of amides is 1. The molecule has 0 unspecified atom stereocenters. The number of hydrogen-bond acceptors (Lipinski definition) is 1. The predicted molar refractivity (Wildman–Crippen MR) is 75.3 cm³/mol. The van der Waals surface area contributed by atoms with Crippen LogP contribution in [0.25, 0.3) is 0 Å². The van der Waals surface area contributed by atoms with Crippen LogP contribution in [0.15, 0.2) is 23.3 Å². The largest absolute Gasteiger partial charge is 0.332 e. The zero-order valence-electron chi connectivity index (χ0n) is 11.7. The molecular weight excluding hydrogens is 222 g/mol. The van der Waals surface area contributed by atoms with Gasteiger partial charge in [0.15, 0.2) is 0 Å². The first-order valence-electron chi connectivity index (χ1n) is 7.39. The van der Waals surface area contributed by atoms with Crippen LogP contribution in [0.3, 0.4) is 0 Å². The van der Waals surface area contributed by atoms with Gasteiger partial charge in [-0.15, -0.1) is 0 Å². The van der Waals surface area contributed by atoms with Crippen LogP contribution >= 0.6 is 0 Å². The van der Waals surface area contributed by atoms with Gasteiger partial charge in [-0.05, 0) is 31.8 Å². The average Bonchev–Trinajstić information content (AvgIpc) is 2.72. The second-order valence-corrected chi connectivity index (χ2v) is 5.59. The Morgan fingerprint density at radius 2 is 2.22 bits per heavy atom. The smallest absolute Gasteiger partial charge is 0.223 e. The summed E-state index contributed by atoms with van der Waals surface area (Å²) in [4.78, 5) is 13.8. The molecular formula is C16H25NO. The lowest BCUT2D eigenvalue weighted by Gasteiger charge is -2.30. The molecule has 2 aliphatic heterocycles. The third-order valence-corrected chi connectivity index (χ3v) is 4.08. The van der Waals surface area contributed by atoms with E-state index in [0.29, 0.717) is 11.9 Å². The van der Waals surface area contributed by atoms with Crippen molar-refractivity contribution in [2.24, 2.45) is 0 Å². The fraction of sp³-hybridized carbons (Fsp3) is 0.688. The normalized spacial score (nSPS) is 25.6. The molecule has 0 saturated carbocycles. The highest BCUT2D eigenvalue weighted by molar-refractivity contribution is 5.80. The topological polar surface area (TPSA) is 20.3 Å². The predicted octanol–water partition coefficient (Wildman–Crippen LogP) is 3.83. The first kappa shape index (κ1) is 13.4. The second kappa shape index (κ2) is 6.21. The first-order chi connectivity index (χ1) is 8.72. The number of carbonyl (C=O) groups excluding carboxylic acids is 1. The summed E-state index contributed by atoms with van der Waals surface area (Å²) in [5, 5.41) is 0. The van der Waals surface area contributed by atoms with Crippen molar-refractivity contribution in [1.29, 1.82) is 0 Å². The summed E-state index contributed by atoms with van der Waals surface area (Å²) in [6.45, 7) is 5.25. The number of hydrogen-bond donors (Lipinski definition) is 0. The lowest BCUT2D eigenvalue weighted by molar-refractivity contribution is -0.128. The van der Waals surface area contributed by atoms with Gasteiger partial charge in [-0.1, -0.05) is 43.9 Å². The summed E-state index contributed by atoms with van der Waals surface area (Å²) in [6.07, 6.45) is 12.8. The molecule has 0 aromatic heterocycles. The van der Waals surface area contributed by atoms with Crippen LogP contribution < -0.4 is 0 Å². The van der Waals surface area contributed by atoms with Gasteiger partial charge < -0.3 is 4.90 Å². The first-order valence-corrected chi connectivity index (χ1v) is 7.39. The minimum absolute atomic E-state index is 0.337.